The van der Waals surface area contributed by atoms with E-state index < -0.39 is 17.7 Å². The molecule has 188 valence electrons. The van der Waals surface area contributed by atoms with Gasteiger partial charge in [0.2, 0.25) is 0 Å². The van der Waals surface area contributed by atoms with Crippen molar-refractivity contribution in [2.45, 2.75) is 32.7 Å². The smallest absolute Gasteiger partial charge is 0.416 e. The van der Waals surface area contributed by atoms with Gasteiger partial charge in [0.25, 0.3) is 0 Å². The van der Waals surface area contributed by atoms with E-state index in [-0.39, 0.29) is 13.2 Å². The SMILES string of the molecule is COCCc1nc(-c2ccc(C(F)(F)F)cc2)nc(C)c1COc1ccc2ccn(CC(=O)O)c2c1. The summed E-state index contributed by atoms with van der Waals surface area (Å²) in [6.07, 6.45) is -2.24. The van der Waals surface area contributed by atoms with E-state index in [1.54, 1.807) is 36.9 Å². The van der Waals surface area contributed by atoms with Crippen LogP contribution in [0.5, 0.6) is 5.75 Å². The molecule has 4 aromatic rings. The Kier molecular flexibility index (Phi) is 7.25. The highest BCUT2D eigenvalue weighted by Gasteiger charge is 2.30. The molecule has 0 spiro atoms. The predicted molar refractivity (Wildman–Crippen MR) is 127 cm³/mol. The van der Waals surface area contributed by atoms with E-state index in [0.717, 1.165) is 28.6 Å². The van der Waals surface area contributed by atoms with Crippen LogP contribution in [0, 0.1) is 6.92 Å². The van der Waals surface area contributed by atoms with Crippen molar-refractivity contribution in [3.05, 3.63) is 77.2 Å². The van der Waals surface area contributed by atoms with Crippen molar-refractivity contribution in [2.24, 2.45) is 0 Å². The maximum Gasteiger partial charge on any atom is 0.416 e. The summed E-state index contributed by atoms with van der Waals surface area (Å²) in [5.41, 5.74) is 2.54. The fourth-order valence-corrected chi connectivity index (χ4v) is 3.88. The van der Waals surface area contributed by atoms with Crippen molar-refractivity contribution in [1.29, 1.82) is 0 Å². The van der Waals surface area contributed by atoms with E-state index in [1.807, 2.05) is 12.1 Å². The Morgan fingerprint density at radius 3 is 2.50 bits per heavy atom. The zero-order valence-electron chi connectivity index (χ0n) is 19.7. The Labute approximate surface area is 205 Å². The first-order valence-corrected chi connectivity index (χ1v) is 11.1. The monoisotopic (exact) mass is 499 g/mol. The number of alkyl halides is 3. The van der Waals surface area contributed by atoms with Crippen LogP contribution in [0.1, 0.15) is 22.5 Å². The minimum Gasteiger partial charge on any atom is -0.489 e. The molecule has 4 rings (SSSR count). The molecule has 2 aromatic heterocycles. The fraction of sp³-hybridized carbons (Fsp3) is 0.269. The quantitative estimate of drug-likeness (QED) is 0.337. The second-order valence-corrected chi connectivity index (χ2v) is 8.22. The van der Waals surface area contributed by atoms with Crippen LogP contribution in [-0.4, -0.2) is 39.3 Å². The van der Waals surface area contributed by atoms with Crippen LogP contribution in [0.2, 0.25) is 0 Å². The van der Waals surface area contributed by atoms with Crippen LogP contribution in [0.3, 0.4) is 0 Å². The first-order valence-electron chi connectivity index (χ1n) is 11.1. The molecule has 10 heteroatoms. The number of nitrogens with zero attached hydrogens (tertiary/aromatic N) is 3. The standard InChI is InChI=1S/C26H24F3N3O4/c1-16-21(15-36-20-8-5-17-9-11-32(14-24(33)34)23(17)13-20)22(10-12-35-2)31-25(30-16)18-3-6-19(7-4-18)26(27,28)29/h3-9,11,13H,10,12,14-15H2,1-2H3,(H,33,34). The Morgan fingerprint density at radius 2 is 1.83 bits per heavy atom. The molecule has 0 saturated heterocycles. The molecule has 0 fully saturated rings. The van der Waals surface area contributed by atoms with E-state index >= 15 is 0 Å². The molecule has 7 nitrogen and oxygen atoms in total. The number of carbonyl (C=O) groups is 1. The van der Waals surface area contributed by atoms with Gasteiger partial charge in [-0.3, -0.25) is 4.79 Å². The molecule has 36 heavy (non-hydrogen) atoms. The second-order valence-electron chi connectivity index (χ2n) is 8.22. The molecule has 0 aliphatic carbocycles. The van der Waals surface area contributed by atoms with Crippen LogP contribution < -0.4 is 4.74 Å². The van der Waals surface area contributed by atoms with E-state index in [9.17, 15) is 18.0 Å². The molecular formula is C26H24F3N3O4. The molecule has 1 N–H and O–H groups in total. The molecule has 0 radical (unpaired) electrons. The Bertz CT molecular complexity index is 1380. The predicted octanol–water partition coefficient (Wildman–Crippen LogP) is 5.28. The minimum absolute atomic E-state index is 0.156. The number of carboxylic acid groups (broad SMARTS) is 1. The van der Waals surface area contributed by atoms with Gasteiger partial charge in [-0.25, -0.2) is 9.97 Å². The van der Waals surface area contributed by atoms with Gasteiger partial charge in [-0.15, -0.1) is 0 Å². The summed E-state index contributed by atoms with van der Waals surface area (Å²) in [5.74, 6) is -0.0664. The van der Waals surface area contributed by atoms with Crippen LogP contribution in [0.25, 0.3) is 22.3 Å². The van der Waals surface area contributed by atoms with E-state index in [2.05, 4.69) is 9.97 Å². The Morgan fingerprint density at radius 1 is 1.08 bits per heavy atom. The lowest BCUT2D eigenvalue weighted by atomic mass is 10.1. The van der Waals surface area contributed by atoms with Crippen LogP contribution in [-0.2, 0) is 35.3 Å². The summed E-state index contributed by atoms with van der Waals surface area (Å²) in [4.78, 5) is 20.3. The zero-order valence-corrected chi connectivity index (χ0v) is 19.7. The van der Waals surface area contributed by atoms with Gasteiger partial charge < -0.3 is 19.1 Å². The molecule has 2 aromatic carbocycles. The topological polar surface area (TPSA) is 86.5 Å². The lowest BCUT2D eigenvalue weighted by molar-refractivity contribution is -0.138. The number of rotatable bonds is 9. The van der Waals surface area contributed by atoms with Gasteiger partial charge in [0.15, 0.2) is 5.82 Å². The van der Waals surface area contributed by atoms with Crippen molar-refractivity contribution in [1.82, 2.24) is 14.5 Å². The third-order valence-electron chi connectivity index (χ3n) is 5.75. The Hall–Kier alpha value is -3.92. The van der Waals surface area contributed by atoms with Crippen molar-refractivity contribution in [2.75, 3.05) is 13.7 Å². The van der Waals surface area contributed by atoms with E-state index in [4.69, 9.17) is 14.6 Å². The average Bonchev–Trinajstić information content (AvgIpc) is 3.22. The summed E-state index contributed by atoms with van der Waals surface area (Å²) in [7, 11) is 1.57. The van der Waals surface area contributed by atoms with Gasteiger partial charge in [0.05, 0.1) is 23.4 Å². The van der Waals surface area contributed by atoms with E-state index in [0.29, 0.717) is 41.6 Å². The van der Waals surface area contributed by atoms with Crippen LogP contribution >= 0.6 is 0 Å². The van der Waals surface area contributed by atoms with Crippen LogP contribution in [0.4, 0.5) is 13.2 Å². The number of benzene rings is 2. The molecule has 0 aliphatic rings. The second kappa shape index (κ2) is 10.4. The average molecular weight is 499 g/mol. The number of carboxylic acids is 1. The number of aromatic nitrogens is 3. The summed E-state index contributed by atoms with van der Waals surface area (Å²) in [6, 6.07) is 12.0. The molecule has 0 unspecified atom stereocenters. The third kappa shape index (κ3) is 5.65. The molecule has 0 atom stereocenters. The summed E-state index contributed by atoms with van der Waals surface area (Å²) in [6.45, 7) is 2.19. The normalized spacial score (nSPS) is 11.7. The van der Waals surface area contributed by atoms with Gasteiger partial charge >= 0.3 is 12.1 Å². The van der Waals surface area contributed by atoms with Gasteiger partial charge in [-0.05, 0) is 42.6 Å². The molecule has 0 aliphatic heterocycles. The number of hydrogen-bond acceptors (Lipinski definition) is 5. The first-order chi connectivity index (χ1) is 17.2. The highest BCUT2D eigenvalue weighted by molar-refractivity contribution is 5.83. The van der Waals surface area contributed by atoms with Gasteiger partial charge in [0.1, 0.15) is 18.9 Å². The summed E-state index contributed by atoms with van der Waals surface area (Å²) < 4.78 is 51.6. The molecule has 0 amide bonds. The lowest BCUT2D eigenvalue weighted by Crippen LogP contribution is -2.11. The highest BCUT2D eigenvalue weighted by Crippen LogP contribution is 2.31. The summed E-state index contributed by atoms with van der Waals surface area (Å²) in [5, 5.41) is 10.0. The van der Waals surface area contributed by atoms with Crippen molar-refractivity contribution in [3.63, 3.8) is 0 Å². The number of ether oxygens (including phenoxy) is 2. The van der Waals surface area contributed by atoms with Gasteiger partial charge in [-0.1, -0.05) is 12.1 Å². The number of hydrogen-bond donors (Lipinski definition) is 1. The largest absolute Gasteiger partial charge is 0.489 e. The van der Waals surface area contributed by atoms with Crippen molar-refractivity contribution < 1.29 is 32.5 Å². The molecule has 0 bridgehead atoms. The van der Waals surface area contributed by atoms with Crippen LogP contribution in [0.15, 0.2) is 54.7 Å². The lowest BCUT2D eigenvalue weighted by Gasteiger charge is -2.15. The number of aliphatic carboxylic acids is 1. The molecular weight excluding hydrogens is 475 g/mol. The van der Waals surface area contributed by atoms with Crippen molar-refractivity contribution in [3.8, 4) is 17.1 Å². The van der Waals surface area contributed by atoms with Gasteiger partial charge in [-0.2, -0.15) is 13.2 Å². The maximum atomic E-state index is 12.9. The highest BCUT2D eigenvalue weighted by atomic mass is 19.4. The fourth-order valence-electron chi connectivity index (χ4n) is 3.88. The first kappa shape index (κ1) is 25.2. The number of fused-ring (bicyclic) bond motifs is 1. The minimum atomic E-state index is -4.42. The number of methoxy groups -OCH3 is 1. The Balaban J connectivity index is 1.61. The van der Waals surface area contributed by atoms with Crippen molar-refractivity contribution >= 4 is 16.9 Å². The maximum absolute atomic E-state index is 12.9. The van der Waals surface area contributed by atoms with E-state index in [1.165, 1.54) is 12.1 Å². The zero-order chi connectivity index (χ0) is 25.9. The third-order valence-corrected chi connectivity index (χ3v) is 5.75. The number of halogens is 3. The molecule has 2 heterocycles. The molecule has 0 saturated carbocycles. The summed E-state index contributed by atoms with van der Waals surface area (Å²) >= 11 is 0. The number of aryl methyl sites for hydroxylation is 1. The van der Waals surface area contributed by atoms with Gasteiger partial charge in [0, 0.05) is 42.6 Å².